The van der Waals surface area contributed by atoms with E-state index < -0.39 is 0 Å². The summed E-state index contributed by atoms with van der Waals surface area (Å²) in [6.45, 7) is 6.71. The Morgan fingerprint density at radius 3 is 2.48 bits per heavy atom. The monoisotopic (exact) mass is 468 g/mol. The molecule has 0 aliphatic carbocycles. The Balaban J connectivity index is 1.40. The minimum Gasteiger partial charge on any atom is -0.340 e. The smallest absolute Gasteiger partial charge is 0.266 e. The number of rotatable bonds is 8. The highest BCUT2D eigenvalue weighted by Gasteiger charge is 2.19. The topological polar surface area (TPSA) is 58.4 Å². The second kappa shape index (κ2) is 10.9. The molecule has 33 heavy (non-hydrogen) atoms. The maximum absolute atomic E-state index is 13.4. The molecule has 0 saturated carbocycles. The van der Waals surface area contributed by atoms with Crippen LogP contribution in [0.25, 0.3) is 16.6 Å². The molecular weight excluding hydrogens is 439 g/mol. The highest BCUT2D eigenvalue weighted by atomic mass is 32.2. The number of fused-ring (bicyclic) bond motifs is 1. The summed E-state index contributed by atoms with van der Waals surface area (Å²) in [6.07, 6.45) is 2.19. The van der Waals surface area contributed by atoms with E-state index in [9.17, 15) is 14.0 Å². The number of halogens is 1. The molecule has 3 aromatic rings. The molecule has 1 amide bonds. The summed E-state index contributed by atoms with van der Waals surface area (Å²) in [7, 11) is 0. The Hall–Kier alpha value is -2.71. The number of nitrogens with zero attached hydrogens (tertiary/aromatic N) is 4. The van der Waals surface area contributed by atoms with Gasteiger partial charge in [0.1, 0.15) is 5.82 Å². The average Bonchev–Trinajstić information content (AvgIpc) is 2.85. The molecule has 0 spiro atoms. The van der Waals surface area contributed by atoms with Crippen LogP contribution in [0.1, 0.15) is 26.2 Å². The van der Waals surface area contributed by atoms with Gasteiger partial charge in [0, 0.05) is 38.4 Å². The number of piperazine rings is 1. The maximum Gasteiger partial charge on any atom is 0.266 e. The fourth-order valence-electron chi connectivity index (χ4n) is 4.04. The minimum absolute atomic E-state index is 0.170. The molecule has 1 saturated heterocycles. The van der Waals surface area contributed by atoms with Crippen LogP contribution >= 0.6 is 11.8 Å². The van der Waals surface area contributed by atoms with Crippen LogP contribution in [0.5, 0.6) is 0 Å². The normalized spacial score (nSPS) is 14.7. The predicted molar refractivity (Wildman–Crippen MR) is 131 cm³/mol. The van der Waals surface area contributed by atoms with Gasteiger partial charge in [-0.3, -0.25) is 14.2 Å². The lowest BCUT2D eigenvalue weighted by Crippen LogP contribution is -2.48. The van der Waals surface area contributed by atoms with E-state index in [1.54, 1.807) is 22.8 Å². The number of carbonyl (C=O) groups is 1. The number of unbranched alkanes of at least 4 members (excludes halogenated alkanes) is 1. The van der Waals surface area contributed by atoms with E-state index in [-0.39, 0.29) is 17.3 Å². The molecule has 0 bridgehead atoms. The Morgan fingerprint density at radius 2 is 1.76 bits per heavy atom. The molecule has 0 N–H and O–H groups in total. The molecule has 1 fully saturated rings. The number of amides is 1. The van der Waals surface area contributed by atoms with Crippen molar-refractivity contribution < 1.29 is 9.18 Å². The van der Waals surface area contributed by atoms with Gasteiger partial charge in [0.15, 0.2) is 5.16 Å². The van der Waals surface area contributed by atoms with Crippen molar-refractivity contribution in [2.24, 2.45) is 0 Å². The molecule has 0 radical (unpaired) electrons. The van der Waals surface area contributed by atoms with Gasteiger partial charge in [-0.25, -0.2) is 9.37 Å². The second-order valence-electron chi connectivity index (χ2n) is 8.15. The van der Waals surface area contributed by atoms with Crippen molar-refractivity contribution in [3.05, 3.63) is 64.7 Å². The van der Waals surface area contributed by atoms with Crippen LogP contribution in [0.15, 0.2) is 58.5 Å². The van der Waals surface area contributed by atoms with E-state index in [4.69, 9.17) is 4.98 Å². The van der Waals surface area contributed by atoms with Crippen LogP contribution in [-0.4, -0.2) is 63.7 Å². The van der Waals surface area contributed by atoms with Crippen LogP contribution in [0.2, 0.25) is 0 Å². The van der Waals surface area contributed by atoms with Crippen molar-refractivity contribution in [2.45, 2.75) is 31.3 Å². The van der Waals surface area contributed by atoms with E-state index >= 15 is 0 Å². The Labute approximate surface area is 197 Å². The van der Waals surface area contributed by atoms with Crippen molar-refractivity contribution in [2.75, 3.05) is 38.5 Å². The number of hydrogen-bond donors (Lipinski definition) is 0. The molecule has 2 aromatic carbocycles. The quantitative estimate of drug-likeness (QED) is 0.285. The van der Waals surface area contributed by atoms with Gasteiger partial charge in [-0.15, -0.1) is 0 Å². The van der Waals surface area contributed by atoms with Crippen molar-refractivity contribution in [3.63, 3.8) is 0 Å². The number of para-hydroxylation sites is 1. The molecular formula is C25H29FN4O2S. The Bertz CT molecular complexity index is 1160. The van der Waals surface area contributed by atoms with E-state index in [1.807, 2.05) is 23.1 Å². The molecule has 6 nitrogen and oxygen atoms in total. The first-order chi connectivity index (χ1) is 16.1. The van der Waals surface area contributed by atoms with Gasteiger partial charge in [0.2, 0.25) is 5.91 Å². The molecule has 1 aliphatic heterocycles. The van der Waals surface area contributed by atoms with E-state index in [2.05, 4.69) is 11.8 Å². The average molecular weight is 469 g/mol. The molecule has 4 rings (SSSR count). The number of thioether (sulfide) groups is 1. The molecule has 0 atom stereocenters. The first-order valence-corrected chi connectivity index (χ1v) is 12.5. The van der Waals surface area contributed by atoms with E-state index in [1.165, 1.54) is 23.9 Å². The Kier molecular flexibility index (Phi) is 7.77. The fourth-order valence-corrected chi connectivity index (χ4v) is 5.05. The first kappa shape index (κ1) is 23.4. The van der Waals surface area contributed by atoms with Crippen molar-refractivity contribution >= 4 is 28.6 Å². The zero-order valence-corrected chi connectivity index (χ0v) is 19.7. The summed E-state index contributed by atoms with van der Waals surface area (Å²) < 4.78 is 15.0. The van der Waals surface area contributed by atoms with E-state index in [0.29, 0.717) is 28.2 Å². The zero-order valence-electron chi connectivity index (χ0n) is 18.9. The van der Waals surface area contributed by atoms with Crippen LogP contribution in [-0.2, 0) is 4.79 Å². The molecule has 8 heteroatoms. The van der Waals surface area contributed by atoms with Gasteiger partial charge in [-0.05, 0) is 55.8 Å². The highest BCUT2D eigenvalue weighted by Crippen LogP contribution is 2.23. The molecule has 2 heterocycles. The standard InChI is InChI=1S/C25H29FN4O2S/c1-2-28-14-16-29(17-15-28)23(31)9-5-6-18-33-25-27-22-8-4-3-7-21(22)24(32)30(25)20-12-10-19(26)11-13-20/h3-4,7-8,10-13H,2,5-6,9,14-18H2,1H3. The molecule has 1 aliphatic rings. The lowest BCUT2D eigenvalue weighted by Gasteiger charge is -2.34. The van der Waals surface area contributed by atoms with Crippen LogP contribution in [0.3, 0.4) is 0 Å². The number of hydrogen-bond acceptors (Lipinski definition) is 5. The third kappa shape index (κ3) is 5.62. The van der Waals surface area contributed by atoms with Crippen molar-refractivity contribution in [1.82, 2.24) is 19.4 Å². The molecule has 1 aromatic heterocycles. The van der Waals surface area contributed by atoms with Gasteiger partial charge < -0.3 is 9.80 Å². The predicted octanol–water partition coefficient (Wildman–Crippen LogP) is 3.95. The fraction of sp³-hybridized carbons (Fsp3) is 0.400. The Morgan fingerprint density at radius 1 is 1.03 bits per heavy atom. The third-order valence-electron chi connectivity index (χ3n) is 6.02. The van der Waals surface area contributed by atoms with Gasteiger partial charge in [0.25, 0.3) is 5.56 Å². The first-order valence-electron chi connectivity index (χ1n) is 11.5. The minimum atomic E-state index is -0.351. The third-order valence-corrected chi connectivity index (χ3v) is 7.04. The largest absolute Gasteiger partial charge is 0.340 e. The summed E-state index contributed by atoms with van der Waals surface area (Å²) in [4.78, 5) is 34.7. The lowest BCUT2D eigenvalue weighted by atomic mass is 10.2. The van der Waals surface area contributed by atoms with Gasteiger partial charge in [0.05, 0.1) is 16.6 Å². The van der Waals surface area contributed by atoms with Crippen LogP contribution in [0.4, 0.5) is 4.39 Å². The van der Waals surface area contributed by atoms with Crippen LogP contribution in [0, 0.1) is 5.82 Å². The highest BCUT2D eigenvalue weighted by molar-refractivity contribution is 7.99. The lowest BCUT2D eigenvalue weighted by molar-refractivity contribution is -0.133. The molecule has 174 valence electrons. The summed E-state index contributed by atoms with van der Waals surface area (Å²) in [5.74, 6) is 0.612. The maximum atomic E-state index is 13.4. The summed E-state index contributed by atoms with van der Waals surface area (Å²) >= 11 is 1.49. The number of likely N-dealkylation sites (N-methyl/N-ethyl adjacent to an activating group) is 1. The number of aromatic nitrogens is 2. The molecule has 0 unspecified atom stereocenters. The number of benzene rings is 2. The van der Waals surface area contributed by atoms with Crippen molar-refractivity contribution in [1.29, 1.82) is 0 Å². The summed E-state index contributed by atoms with van der Waals surface area (Å²) in [5, 5.41) is 1.10. The summed E-state index contributed by atoms with van der Waals surface area (Å²) in [5.41, 5.74) is 1.06. The number of carbonyl (C=O) groups excluding carboxylic acids is 1. The van der Waals surface area contributed by atoms with Crippen molar-refractivity contribution in [3.8, 4) is 5.69 Å². The second-order valence-corrected chi connectivity index (χ2v) is 9.21. The summed E-state index contributed by atoms with van der Waals surface area (Å²) in [6, 6.07) is 13.1. The van der Waals surface area contributed by atoms with Gasteiger partial charge >= 0.3 is 0 Å². The van der Waals surface area contributed by atoms with Gasteiger partial charge in [-0.1, -0.05) is 30.8 Å². The SMILES string of the molecule is CCN1CCN(C(=O)CCCCSc2nc3ccccc3c(=O)n2-c2ccc(F)cc2)CC1. The van der Waals surface area contributed by atoms with Gasteiger partial charge in [-0.2, -0.15) is 0 Å². The van der Waals surface area contributed by atoms with E-state index in [0.717, 1.165) is 51.3 Å². The zero-order chi connectivity index (χ0) is 23.2. The van der Waals surface area contributed by atoms with Crippen LogP contribution < -0.4 is 5.56 Å².